The Kier molecular flexibility index (Phi) is 1.31. The minimum atomic E-state index is 0.832. The number of nitrogens with zero attached hydrogens (tertiary/aromatic N) is 2. The standard InChI is InChI=1S/C7H5BrN2/c8-6-4-5-2-1-3-9-7(5)10-6/h2-4H,1H2. The van der Waals surface area contributed by atoms with Crippen molar-refractivity contribution < 1.29 is 0 Å². The Morgan fingerprint density at radius 3 is 3.20 bits per heavy atom. The van der Waals surface area contributed by atoms with Crippen LogP contribution in [0.4, 0.5) is 0 Å². The molecule has 0 bridgehead atoms. The molecule has 0 aliphatic carbocycles. The molecule has 0 spiro atoms. The van der Waals surface area contributed by atoms with Crippen molar-refractivity contribution in [3.05, 3.63) is 22.3 Å². The van der Waals surface area contributed by atoms with Gasteiger partial charge < -0.3 is 0 Å². The summed E-state index contributed by atoms with van der Waals surface area (Å²) in [7, 11) is 0. The molecule has 2 heterocycles. The molecule has 0 aromatic heterocycles. The average Bonchev–Trinajstić information content (AvgIpc) is 2.27. The largest absolute Gasteiger partial charge is 0.241 e. The maximum absolute atomic E-state index is 4.14. The first-order valence-electron chi connectivity index (χ1n) is 3.05. The van der Waals surface area contributed by atoms with Crippen molar-refractivity contribution in [2.75, 3.05) is 0 Å². The molecule has 2 rings (SSSR count). The first-order chi connectivity index (χ1) is 4.86. The summed E-state index contributed by atoms with van der Waals surface area (Å²) < 4.78 is 0.868. The highest BCUT2D eigenvalue weighted by Gasteiger charge is 2.12. The minimum absolute atomic E-state index is 0.832. The Bertz CT molecular complexity index is 284. The number of halogens is 1. The molecule has 2 aliphatic rings. The average molecular weight is 197 g/mol. The molecule has 50 valence electrons. The molecule has 0 fully saturated rings. The first kappa shape index (κ1) is 6.04. The third-order valence-electron chi connectivity index (χ3n) is 1.40. The Morgan fingerprint density at radius 1 is 1.50 bits per heavy atom. The summed E-state index contributed by atoms with van der Waals surface area (Å²) >= 11 is 3.29. The number of fused-ring (bicyclic) bond motifs is 1. The van der Waals surface area contributed by atoms with Crippen molar-refractivity contribution in [3.63, 3.8) is 0 Å². The smallest absolute Gasteiger partial charge is 0.159 e. The molecule has 2 aliphatic heterocycles. The number of hydrogen-bond acceptors (Lipinski definition) is 2. The van der Waals surface area contributed by atoms with Gasteiger partial charge in [-0.2, -0.15) is 0 Å². The zero-order valence-corrected chi connectivity index (χ0v) is 6.80. The number of allylic oxidation sites excluding steroid dienone is 1. The van der Waals surface area contributed by atoms with Crippen LogP contribution in [0.25, 0.3) is 0 Å². The first-order valence-corrected chi connectivity index (χ1v) is 3.84. The molecule has 0 amide bonds. The Hall–Kier alpha value is -0.700. The van der Waals surface area contributed by atoms with E-state index in [9.17, 15) is 0 Å². The maximum Gasteiger partial charge on any atom is 0.159 e. The van der Waals surface area contributed by atoms with Gasteiger partial charge in [-0.1, -0.05) is 6.08 Å². The van der Waals surface area contributed by atoms with Gasteiger partial charge in [-0.15, -0.1) is 0 Å². The molecule has 10 heavy (non-hydrogen) atoms. The van der Waals surface area contributed by atoms with Crippen LogP contribution in [-0.4, -0.2) is 12.1 Å². The molecule has 0 aromatic rings. The number of rotatable bonds is 0. The fourth-order valence-electron chi connectivity index (χ4n) is 0.963. The summed E-state index contributed by atoms with van der Waals surface area (Å²) in [4.78, 5) is 8.26. The molecular formula is C7H5BrN2. The Balaban J connectivity index is 2.46. The second kappa shape index (κ2) is 2.16. The molecule has 0 radical (unpaired) electrons. The number of dihydropyridines is 1. The van der Waals surface area contributed by atoms with Gasteiger partial charge >= 0.3 is 0 Å². The van der Waals surface area contributed by atoms with E-state index in [-0.39, 0.29) is 0 Å². The van der Waals surface area contributed by atoms with Gasteiger partial charge in [0.2, 0.25) is 0 Å². The van der Waals surface area contributed by atoms with E-state index in [0.29, 0.717) is 0 Å². The molecule has 0 saturated heterocycles. The lowest BCUT2D eigenvalue weighted by molar-refractivity contribution is 1.42. The second-order valence-electron chi connectivity index (χ2n) is 2.11. The van der Waals surface area contributed by atoms with Gasteiger partial charge in [-0.25, -0.2) is 9.98 Å². The zero-order chi connectivity index (χ0) is 6.97. The summed E-state index contributed by atoms with van der Waals surface area (Å²) in [6, 6.07) is 0. The van der Waals surface area contributed by atoms with Crippen LogP contribution in [0.1, 0.15) is 6.42 Å². The van der Waals surface area contributed by atoms with E-state index in [0.717, 1.165) is 22.4 Å². The topological polar surface area (TPSA) is 24.7 Å². The third kappa shape index (κ3) is 0.865. The van der Waals surface area contributed by atoms with Crippen molar-refractivity contribution in [2.45, 2.75) is 6.42 Å². The van der Waals surface area contributed by atoms with Crippen LogP contribution >= 0.6 is 15.9 Å². The van der Waals surface area contributed by atoms with Crippen molar-refractivity contribution in [2.24, 2.45) is 9.98 Å². The number of aliphatic imine (C=N–C) groups is 2. The molecule has 0 unspecified atom stereocenters. The maximum atomic E-state index is 4.14. The monoisotopic (exact) mass is 196 g/mol. The summed E-state index contributed by atoms with van der Waals surface area (Å²) in [5.41, 5.74) is 1.13. The van der Waals surface area contributed by atoms with Gasteiger partial charge in [-0.05, 0) is 22.0 Å². The van der Waals surface area contributed by atoms with E-state index in [2.05, 4.69) is 32.0 Å². The fourth-order valence-corrected chi connectivity index (χ4v) is 1.38. The molecular weight excluding hydrogens is 192 g/mol. The highest BCUT2D eigenvalue weighted by molar-refractivity contribution is 9.11. The SMILES string of the molecule is BrC1=CC2=CCC=NC2=N1. The van der Waals surface area contributed by atoms with Crippen molar-refractivity contribution in [1.29, 1.82) is 0 Å². The lowest BCUT2D eigenvalue weighted by Crippen LogP contribution is -1.98. The van der Waals surface area contributed by atoms with Crippen LogP contribution in [0.5, 0.6) is 0 Å². The van der Waals surface area contributed by atoms with Crippen LogP contribution in [0.3, 0.4) is 0 Å². The highest BCUT2D eigenvalue weighted by Crippen LogP contribution is 2.22. The summed E-state index contributed by atoms with van der Waals surface area (Å²) in [5, 5.41) is 0. The summed E-state index contributed by atoms with van der Waals surface area (Å²) in [6.45, 7) is 0. The van der Waals surface area contributed by atoms with E-state index in [1.54, 1.807) is 0 Å². The van der Waals surface area contributed by atoms with Crippen molar-refractivity contribution in [3.8, 4) is 0 Å². The lowest BCUT2D eigenvalue weighted by Gasteiger charge is -1.98. The van der Waals surface area contributed by atoms with E-state index in [1.807, 2.05) is 12.3 Å². The molecule has 0 saturated carbocycles. The Morgan fingerprint density at radius 2 is 2.40 bits per heavy atom. The lowest BCUT2D eigenvalue weighted by atomic mass is 10.2. The molecule has 0 atom stereocenters. The van der Waals surface area contributed by atoms with Gasteiger partial charge in [0.15, 0.2) is 5.84 Å². The predicted molar refractivity (Wildman–Crippen MR) is 45.6 cm³/mol. The highest BCUT2D eigenvalue weighted by atomic mass is 79.9. The van der Waals surface area contributed by atoms with Gasteiger partial charge in [0.25, 0.3) is 0 Å². The zero-order valence-electron chi connectivity index (χ0n) is 5.21. The minimum Gasteiger partial charge on any atom is -0.241 e. The van der Waals surface area contributed by atoms with Crippen LogP contribution in [0.2, 0.25) is 0 Å². The van der Waals surface area contributed by atoms with Gasteiger partial charge in [0, 0.05) is 18.2 Å². The van der Waals surface area contributed by atoms with E-state index in [4.69, 9.17) is 0 Å². The normalized spacial score (nSPS) is 21.5. The van der Waals surface area contributed by atoms with E-state index >= 15 is 0 Å². The molecule has 0 N–H and O–H groups in total. The molecule has 2 nitrogen and oxygen atoms in total. The van der Waals surface area contributed by atoms with Crippen molar-refractivity contribution in [1.82, 2.24) is 0 Å². The van der Waals surface area contributed by atoms with Crippen LogP contribution in [-0.2, 0) is 0 Å². The fraction of sp³-hybridized carbons (Fsp3) is 0.143. The quantitative estimate of drug-likeness (QED) is 0.531. The van der Waals surface area contributed by atoms with Gasteiger partial charge in [0.05, 0.1) is 0 Å². The number of hydrogen-bond donors (Lipinski definition) is 0. The third-order valence-corrected chi connectivity index (χ3v) is 1.81. The van der Waals surface area contributed by atoms with E-state index < -0.39 is 0 Å². The molecule has 3 heteroatoms. The number of amidine groups is 1. The second-order valence-corrected chi connectivity index (χ2v) is 2.92. The van der Waals surface area contributed by atoms with Crippen LogP contribution in [0.15, 0.2) is 32.3 Å². The predicted octanol–water partition coefficient (Wildman–Crippen LogP) is 2.04. The van der Waals surface area contributed by atoms with Gasteiger partial charge in [-0.3, -0.25) is 0 Å². The molecule has 0 aromatic carbocycles. The van der Waals surface area contributed by atoms with Crippen LogP contribution < -0.4 is 0 Å². The van der Waals surface area contributed by atoms with Crippen molar-refractivity contribution >= 4 is 28.0 Å². The Labute approximate surface area is 67.2 Å². The summed E-state index contributed by atoms with van der Waals surface area (Å²) in [6.07, 6.45) is 6.87. The summed E-state index contributed by atoms with van der Waals surface area (Å²) in [5.74, 6) is 0.832. The van der Waals surface area contributed by atoms with Gasteiger partial charge in [0.1, 0.15) is 4.61 Å². The van der Waals surface area contributed by atoms with E-state index in [1.165, 1.54) is 0 Å². The van der Waals surface area contributed by atoms with Crippen LogP contribution in [0, 0.1) is 0 Å².